The average Bonchev–Trinajstić information content (AvgIpc) is 2.87. The van der Waals surface area contributed by atoms with Crippen molar-refractivity contribution in [1.29, 1.82) is 5.26 Å². The SMILES string of the molecule is CCCOc1ccc(C(=O)Oc2ccc3c(c2)OC(N)=C(C#N)C3c2ccccc2OCC)cc1. The number of carbonyl (C=O) groups excluding carboxylic acids is 1. The standard InChI is InChI=1S/C28H26N2O5/c1-3-15-33-19-11-9-18(10-12-19)28(31)34-20-13-14-22-25(16-20)35-27(30)23(17-29)26(22)21-7-5-6-8-24(21)32-4-2/h5-14,16,26H,3-4,15,30H2,1-2H3. The number of ether oxygens (including phenoxy) is 4. The normalized spacial score (nSPS) is 14.4. The van der Waals surface area contributed by atoms with Gasteiger partial charge < -0.3 is 24.7 Å². The Bertz CT molecular complexity index is 1290. The molecule has 7 heteroatoms. The fourth-order valence-corrected chi connectivity index (χ4v) is 3.90. The molecule has 3 aromatic rings. The van der Waals surface area contributed by atoms with E-state index in [1.54, 1.807) is 42.5 Å². The van der Waals surface area contributed by atoms with E-state index in [0.717, 1.165) is 17.5 Å². The van der Waals surface area contributed by atoms with E-state index in [9.17, 15) is 10.1 Å². The van der Waals surface area contributed by atoms with E-state index in [-0.39, 0.29) is 5.88 Å². The summed E-state index contributed by atoms with van der Waals surface area (Å²) < 4.78 is 22.7. The lowest BCUT2D eigenvalue weighted by Crippen LogP contribution is -2.21. The van der Waals surface area contributed by atoms with Crippen LogP contribution in [0, 0.1) is 11.3 Å². The van der Waals surface area contributed by atoms with Crippen molar-refractivity contribution in [2.24, 2.45) is 5.73 Å². The molecule has 1 atom stereocenters. The molecule has 0 radical (unpaired) electrons. The minimum Gasteiger partial charge on any atom is -0.494 e. The molecule has 1 aliphatic rings. The number of nitrogens with two attached hydrogens (primary N) is 1. The summed E-state index contributed by atoms with van der Waals surface area (Å²) >= 11 is 0. The molecule has 35 heavy (non-hydrogen) atoms. The summed E-state index contributed by atoms with van der Waals surface area (Å²) in [6.45, 7) is 5.02. The van der Waals surface area contributed by atoms with Gasteiger partial charge in [0.2, 0.25) is 5.88 Å². The van der Waals surface area contributed by atoms with Gasteiger partial charge in [0.1, 0.15) is 34.6 Å². The molecule has 2 N–H and O–H groups in total. The Morgan fingerprint density at radius 3 is 2.46 bits per heavy atom. The molecular weight excluding hydrogens is 444 g/mol. The first-order valence-corrected chi connectivity index (χ1v) is 11.4. The summed E-state index contributed by atoms with van der Waals surface area (Å²) in [4.78, 5) is 12.7. The number of fused-ring (bicyclic) bond motifs is 1. The van der Waals surface area contributed by atoms with Crippen molar-refractivity contribution in [3.8, 4) is 29.1 Å². The quantitative estimate of drug-likeness (QED) is 0.351. The van der Waals surface area contributed by atoms with E-state index in [4.69, 9.17) is 24.7 Å². The maximum Gasteiger partial charge on any atom is 0.343 e. The predicted molar refractivity (Wildman–Crippen MR) is 131 cm³/mol. The molecule has 0 amide bonds. The summed E-state index contributed by atoms with van der Waals surface area (Å²) in [5.74, 6) is 1.07. The summed E-state index contributed by atoms with van der Waals surface area (Å²) in [7, 11) is 0. The monoisotopic (exact) mass is 470 g/mol. The molecule has 0 fully saturated rings. The number of allylic oxidation sites excluding steroid dienone is 1. The van der Waals surface area contributed by atoms with Crippen molar-refractivity contribution in [2.45, 2.75) is 26.2 Å². The first kappa shape index (κ1) is 23.7. The number of carbonyl (C=O) groups is 1. The van der Waals surface area contributed by atoms with Gasteiger partial charge in [0.25, 0.3) is 0 Å². The Labute approximate surface area is 204 Å². The Hall–Kier alpha value is -4.44. The van der Waals surface area contributed by atoms with E-state index in [1.165, 1.54) is 0 Å². The van der Waals surface area contributed by atoms with Crippen LogP contribution in [0.25, 0.3) is 0 Å². The third-order valence-electron chi connectivity index (χ3n) is 5.49. The van der Waals surface area contributed by atoms with E-state index >= 15 is 0 Å². The summed E-state index contributed by atoms with van der Waals surface area (Å²) in [6, 6.07) is 21.5. The third-order valence-corrected chi connectivity index (χ3v) is 5.49. The topological polar surface area (TPSA) is 104 Å². The van der Waals surface area contributed by atoms with Gasteiger partial charge in [-0.25, -0.2) is 4.79 Å². The molecule has 1 heterocycles. The molecule has 0 saturated heterocycles. The number of benzene rings is 3. The number of nitriles is 1. The molecule has 4 rings (SSSR count). The number of hydrogen-bond donors (Lipinski definition) is 1. The van der Waals surface area contributed by atoms with Crippen LogP contribution in [0.4, 0.5) is 0 Å². The lowest BCUT2D eigenvalue weighted by atomic mass is 9.83. The second-order valence-corrected chi connectivity index (χ2v) is 7.86. The van der Waals surface area contributed by atoms with Crippen LogP contribution in [-0.4, -0.2) is 19.2 Å². The first-order valence-electron chi connectivity index (χ1n) is 11.4. The van der Waals surface area contributed by atoms with Crippen molar-refractivity contribution in [3.63, 3.8) is 0 Å². The fraction of sp³-hybridized carbons (Fsp3) is 0.214. The fourth-order valence-electron chi connectivity index (χ4n) is 3.90. The maximum absolute atomic E-state index is 12.7. The highest BCUT2D eigenvalue weighted by Gasteiger charge is 2.33. The molecule has 0 aliphatic carbocycles. The van der Waals surface area contributed by atoms with Crippen molar-refractivity contribution in [2.75, 3.05) is 13.2 Å². The van der Waals surface area contributed by atoms with Crippen molar-refractivity contribution < 1.29 is 23.7 Å². The molecule has 7 nitrogen and oxygen atoms in total. The van der Waals surface area contributed by atoms with Gasteiger partial charge in [-0.05, 0) is 49.7 Å². The van der Waals surface area contributed by atoms with E-state index in [1.807, 2.05) is 38.1 Å². The highest BCUT2D eigenvalue weighted by atomic mass is 16.5. The van der Waals surface area contributed by atoms with Crippen LogP contribution in [-0.2, 0) is 0 Å². The average molecular weight is 471 g/mol. The summed E-state index contributed by atoms with van der Waals surface area (Å²) in [5.41, 5.74) is 8.33. The molecule has 0 saturated carbocycles. The zero-order valence-corrected chi connectivity index (χ0v) is 19.6. The van der Waals surface area contributed by atoms with Gasteiger partial charge in [0.15, 0.2) is 0 Å². The minimum absolute atomic E-state index is 0.00226. The number of rotatable bonds is 8. The highest BCUT2D eigenvalue weighted by Crippen LogP contribution is 2.45. The first-order chi connectivity index (χ1) is 17.0. The van der Waals surface area contributed by atoms with Crippen LogP contribution in [0.2, 0.25) is 0 Å². The van der Waals surface area contributed by atoms with Crippen molar-refractivity contribution >= 4 is 5.97 Å². The predicted octanol–water partition coefficient (Wildman–Crippen LogP) is 5.31. The second-order valence-electron chi connectivity index (χ2n) is 7.86. The maximum atomic E-state index is 12.7. The molecule has 3 aromatic carbocycles. The van der Waals surface area contributed by atoms with Gasteiger partial charge in [-0.1, -0.05) is 31.2 Å². The molecule has 178 valence electrons. The minimum atomic E-state index is -0.512. The van der Waals surface area contributed by atoms with Crippen molar-refractivity contribution in [3.05, 3.63) is 94.9 Å². The van der Waals surface area contributed by atoms with Gasteiger partial charge in [-0.2, -0.15) is 5.26 Å². The third kappa shape index (κ3) is 5.07. The Morgan fingerprint density at radius 2 is 1.74 bits per heavy atom. The van der Waals surface area contributed by atoms with E-state index in [2.05, 4.69) is 6.07 Å². The van der Waals surface area contributed by atoms with Crippen LogP contribution >= 0.6 is 0 Å². The van der Waals surface area contributed by atoms with Gasteiger partial charge in [-0.15, -0.1) is 0 Å². The molecule has 0 spiro atoms. The van der Waals surface area contributed by atoms with Gasteiger partial charge >= 0.3 is 5.97 Å². The van der Waals surface area contributed by atoms with Crippen molar-refractivity contribution in [1.82, 2.24) is 0 Å². The summed E-state index contributed by atoms with van der Waals surface area (Å²) in [6.07, 6.45) is 0.901. The largest absolute Gasteiger partial charge is 0.494 e. The number of esters is 1. The molecule has 0 aromatic heterocycles. The van der Waals surface area contributed by atoms with Crippen LogP contribution in [0.15, 0.2) is 78.2 Å². The van der Waals surface area contributed by atoms with Gasteiger partial charge in [0.05, 0.1) is 24.7 Å². The van der Waals surface area contributed by atoms with Crippen LogP contribution in [0.3, 0.4) is 0 Å². The Kier molecular flexibility index (Phi) is 7.22. The highest BCUT2D eigenvalue weighted by molar-refractivity contribution is 5.91. The van der Waals surface area contributed by atoms with Crippen LogP contribution < -0.4 is 24.7 Å². The Morgan fingerprint density at radius 1 is 1.00 bits per heavy atom. The van der Waals surface area contributed by atoms with Gasteiger partial charge in [-0.3, -0.25) is 0 Å². The second kappa shape index (κ2) is 10.7. The van der Waals surface area contributed by atoms with Crippen LogP contribution in [0.1, 0.15) is 47.7 Å². The van der Waals surface area contributed by atoms with E-state index in [0.29, 0.717) is 47.3 Å². The molecule has 0 bridgehead atoms. The zero-order valence-electron chi connectivity index (χ0n) is 19.6. The Balaban J connectivity index is 1.62. The number of nitrogens with zero attached hydrogens (tertiary/aromatic N) is 1. The number of para-hydroxylation sites is 1. The summed E-state index contributed by atoms with van der Waals surface area (Å²) in [5, 5.41) is 9.82. The molecular formula is C28H26N2O5. The van der Waals surface area contributed by atoms with Crippen LogP contribution in [0.5, 0.6) is 23.0 Å². The molecule has 1 unspecified atom stereocenters. The number of hydrogen-bond acceptors (Lipinski definition) is 7. The van der Waals surface area contributed by atoms with E-state index < -0.39 is 11.9 Å². The lowest BCUT2D eigenvalue weighted by molar-refractivity contribution is 0.0734. The smallest absolute Gasteiger partial charge is 0.343 e. The lowest BCUT2D eigenvalue weighted by Gasteiger charge is -2.27. The zero-order chi connectivity index (χ0) is 24.8. The molecule has 1 aliphatic heterocycles. The van der Waals surface area contributed by atoms with Gasteiger partial charge in [0, 0.05) is 17.2 Å².